The first-order chi connectivity index (χ1) is 8.77. The molecule has 1 N–H and O–H groups in total. The normalized spacial score (nSPS) is 32.8. The molecule has 2 aliphatic carbocycles. The minimum absolute atomic E-state index is 0.307. The number of hydrogen-bond acceptors (Lipinski definition) is 2. The van der Waals surface area contributed by atoms with Crippen LogP contribution in [0.15, 0.2) is 0 Å². The minimum Gasteiger partial charge on any atom is -0.375 e. The van der Waals surface area contributed by atoms with Crippen LogP contribution in [0.2, 0.25) is 0 Å². The molecule has 2 heteroatoms. The summed E-state index contributed by atoms with van der Waals surface area (Å²) < 4.78 is 6.14. The van der Waals surface area contributed by atoms with Crippen molar-refractivity contribution in [3.63, 3.8) is 0 Å². The fourth-order valence-corrected chi connectivity index (χ4v) is 3.96. The molecule has 0 amide bonds. The molecule has 2 saturated carbocycles. The van der Waals surface area contributed by atoms with E-state index < -0.39 is 0 Å². The second-order valence-corrected chi connectivity index (χ2v) is 6.99. The van der Waals surface area contributed by atoms with Gasteiger partial charge in [-0.15, -0.1) is 0 Å². The van der Waals surface area contributed by atoms with Gasteiger partial charge in [-0.1, -0.05) is 19.8 Å². The van der Waals surface area contributed by atoms with Crippen LogP contribution in [0.5, 0.6) is 0 Å². The molecule has 1 heterocycles. The lowest BCUT2D eigenvalue weighted by atomic mass is 9.77. The smallest absolute Gasteiger partial charge is 0.0685 e. The molecule has 0 aromatic rings. The number of hydrogen-bond donors (Lipinski definition) is 1. The maximum absolute atomic E-state index is 6.14. The maximum Gasteiger partial charge on any atom is 0.0685 e. The third kappa shape index (κ3) is 3.08. The van der Waals surface area contributed by atoms with Crippen molar-refractivity contribution >= 4 is 0 Å². The summed E-state index contributed by atoms with van der Waals surface area (Å²) in [6.45, 7) is 4.72. The van der Waals surface area contributed by atoms with Gasteiger partial charge in [-0.25, -0.2) is 0 Å². The van der Waals surface area contributed by atoms with E-state index in [0.717, 1.165) is 24.5 Å². The molecule has 1 saturated heterocycles. The highest BCUT2D eigenvalue weighted by Gasteiger charge is 2.40. The van der Waals surface area contributed by atoms with E-state index in [0.29, 0.717) is 5.60 Å². The van der Waals surface area contributed by atoms with E-state index in [2.05, 4.69) is 12.2 Å². The molecule has 0 aromatic heterocycles. The molecule has 2 atom stereocenters. The average Bonchev–Trinajstić information content (AvgIpc) is 3.10. The highest BCUT2D eigenvalue weighted by atomic mass is 16.5. The average molecular weight is 251 g/mol. The van der Waals surface area contributed by atoms with E-state index >= 15 is 0 Å². The largest absolute Gasteiger partial charge is 0.375 e. The van der Waals surface area contributed by atoms with Gasteiger partial charge in [0.2, 0.25) is 0 Å². The summed E-state index contributed by atoms with van der Waals surface area (Å²) in [6, 6.07) is 0.869. The van der Waals surface area contributed by atoms with Crippen LogP contribution in [0, 0.1) is 11.8 Å². The highest BCUT2D eigenvalue weighted by molar-refractivity contribution is 4.92. The molecule has 18 heavy (non-hydrogen) atoms. The van der Waals surface area contributed by atoms with Crippen LogP contribution >= 0.6 is 0 Å². The zero-order chi connectivity index (χ0) is 12.4. The summed E-state index contributed by atoms with van der Waals surface area (Å²) in [4.78, 5) is 0. The first-order valence-electron chi connectivity index (χ1n) is 8.15. The fraction of sp³-hybridized carbons (Fsp3) is 1.00. The lowest BCUT2D eigenvalue weighted by Crippen LogP contribution is -2.39. The van der Waals surface area contributed by atoms with Crippen LogP contribution in [0.4, 0.5) is 0 Å². The van der Waals surface area contributed by atoms with Gasteiger partial charge in [0.15, 0.2) is 0 Å². The predicted molar refractivity (Wildman–Crippen MR) is 74.7 cm³/mol. The van der Waals surface area contributed by atoms with Gasteiger partial charge in [0.1, 0.15) is 0 Å². The van der Waals surface area contributed by atoms with Crippen molar-refractivity contribution in [1.82, 2.24) is 5.32 Å². The van der Waals surface area contributed by atoms with E-state index in [4.69, 9.17) is 4.74 Å². The zero-order valence-corrected chi connectivity index (χ0v) is 11.9. The maximum atomic E-state index is 6.14. The molecule has 3 rings (SSSR count). The minimum atomic E-state index is 0.307. The standard InChI is InChI=1S/C16H29NO/c1-13(6-10-17-15-4-5-15)14-7-11-18-16(12-14)8-2-3-9-16/h13-15,17H,2-12H2,1H3. The van der Waals surface area contributed by atoms with Gasteiger partial charge >= 0.3 is 0 Å². The third-order valence-electron chi connectivity index (χ3n) is 5.46. The van der Waals surface area contributed by atoms with E-state index in [9.17, 15) is 0 Å². The molecule has 1 spiro atoms. The van der Waals surface area contributed by atoms with Crippen LogP contribution in [-0.2, 0) is 4.74 Å². The molecule has 104 valence electrons. The first-order valence-corrected chi connectivity index (χ1v) is 8.15. The Morgan fingerprint density at radius 3 is 2.72 bits per heavy atom. The monoisotopic (exact) mass is 251 g/mol. The molecule has 0 radical (unpaired) electrons. The van der Waals surface area contributed by atoms with Crippen LogP contribution in [-0.4, -0.2) is 24.8 Å². The Labute approximate surface area is 112 Å². The number of ether oxygens (including phenoxy) is 1. The fourth-order valence-electron chi connectivity index (χ4n) is 3.96. The Balaban J connectivity index is 1.44. The summed E-state index contributed by atoms with van der Waals surface area (Å²) in [7, 11) is 0. The van der Waals surface area contributed by atoms with E-state index in [1.54, 1.807) is 0 Å². The second-order valence-electron chi connectivity index (χ2n) is 6.99. The van der Waals surface area contributed by atoms with Crippen LogP contribution in [0.1, 0.15) is 64.7 Å². The summed E-state index contributed by atoms with van der Waals surface area (Å²) in [5.41, 5.74) is 0.307. The van der Waals surface area contributed by atoms with Crippen molar-refractivity contribution in [2.45, 2.75) is 76.4 Å². The molecular weight excluding hydrogens is 222 g/mol. The predicted octanol–water partition coefficient (Wildman–Crippen LogP) is 3.50. The van der Waals surface area contributed by atoms with Gasteiger partial charge in [-0.05, 0) is 63.3 Å². The highest BCUT2D eigenvalue weighted by Crippen LogP contribution is 2.44. The van der Waals surface area contributed by atoms with Crippen molar-refractivity contribution in [3.8, 4) is 0 Å². The van der Waals surface area contributed by atoms with E-state index in [-0.39, 0.29) is 0 Å². The molecule has 3 aliphatic rings. The number of rotatable bonds is 5. The lowest BCUT2D eigenvalue weighted by Gasteiger charge is -2.40. The SMILES string of the molecule is CC(CCNC1CC1)C1CCOC2(CCCC2)C1. The van der Waals surface area contributed by atoms with Gasteiger partial charge in [0.25, 0.3) is 0 Å². The molecule has 1 aliphatic heterocycles. The zero-order valence-electron chi connectivity index (χ0n) is 11.9. The van der Waals surface area contributed by atoms with Crippen LogP contribution in [0.3, 0.4) is 0 Å². The van der Waals surface area contributed by atoms with Gasteiger partial charge in [-0.2, -0.15) is 0 Å². The molecule has 2 unspecified atom stereocenters. The van der Waals surface area contributed by atoms with Gasteiger partial charge < -0.3 is 10.1 Å². The van der Waals surface area contributed by atoms with Crippen molar-refractivity contribution in [3.05, 3.63) is 0 Å². The topological polar surface area (TPSA) is 21.3 Å². The van der Waals surface area contributed by atoms with Gasteiger partial charge in [-0.3, -0.25) is 0 Å². The molecule has 3 fully saturated rings. The van der Waals surface area contributed by atoms with Crippen LogP contribution < -0.4 is 5.32 Å². The Hall–Kier alpha value is -0.0800. The van der Waals surface area contributed by atoms with Crippen molar-refractivity contribution < 1.29 is 4.74 Å². The second kappa shape index (κ2) is 5.50. The van der Waals surface area contributed by atoms with E-state index in [1.165, 1.54) is 64.3 Å². The Morgan fingerprint density at radius 2 is 2.00 bits per heavy atom. The quantitative estimate of drug-likeness (QED) is 0.807. The number of nitrogens with one attached hydrogen (secondary N) is 1. The summed E-state index contributed by atoms with van der Waals surface area (Å²) in [6.07, 6.45) is 12.3. The summed E-state index contributed by atoms with van der Waals surface area (Å²) in [5, 5.41) is 3.66. The molecule has 2 nitrogen and oxygen atoms in total. The van der Waals surface area contributed by atoms with Crippen LogP contribution in [0.25, 0.3) is 0 Å². The van der Waals surface area contributed by atoms with Crippen molar-refractivity contribution in [1.29, 1.82) is 0 Å². The molecular formula is C16H29NO. The summed E-state index contributed by atoms with van der Waals surface area (Å²) >= 11 is 0. The first kappa shape index (κ1) is 12.9. The third-order valence-corrected chi connectivity index (χ3v) is 5.46. The van der Waals surface area contributed by atoms with Gasteiger partial charge in [0.05, 0.1) is 5.60 Å². The van der Waals surface area contributed by atoms with E-state index in [1.807, 2.05) is 0 Å². The van der Waals surface area contributed by atoms with Crippen molar-refractivity contribution in [2.24, 2.45) is 11.8 Å². The Kier molecular flexibility index (Phi) is 3.95. The Morgan fingerprint density at radius 1 is 1.22 bits per heavy atom. The lowest BCUT2D eigenvalue weighted by molar-refractivity contribution is -0.101. The molecule has 0 bridgehead atoms. The summed E-state index contributed by atoms with van der Waals surface area (Å²) in [5.74, 6) is 1.79. The van der Waals surface area contributed by atoms with Gasteiger partial charge in [0, 0.05) is 12.6 Å². The molecule has 0 aromatic carbocycles. The van der Waals surface area contributed by atoms with Crippen molar-refractivity contribution in [2.75, 3.05) is 13.2 Å². The Bertz CT molecular complexity index is 268.